The third kappa shape index (κ3) is 5.60. The van der Waals surface area contributed by atoms with E-state index in [-0.39, 0.29) is 11.1 Å². The Kier molecular flexibility index (Phi) is 7.56. The molecule has 2 rings (SSSR count). The van der Waals surface area contributed by atoms with Crippen LogP contribution in [0.1, 0.15) is 34.6 Å². The molecule has 0 fully saturated rings. The van der Waals surface area contributed by atoms with E-state index in [0.717, 1.165) is 0 Å². The van der Waals surface area contributed by atoms with E-state index in [1.54, 1.807) is 0 Å². The molecule has 2 aromatic heterocycles. The van der Waals surface area contributed by atoms with Gasteiger partial charge in [0.2, 0.25) is 0 Å². The van der Waals surface area contributed by atoms with Crippen LogP contribution in [-0.4, -0.2) is 60.0 Å². The normalized spacial score (nSPS) is 12.3. The zero-order chi connectivity index (χ0) is 22.3. The summed E-state index contributed by atoms with van der Waals surface area (Å²) >= 11 is 0. The zero-order valence-electron chi connectivity index (χ0n) is 17.0. The van der Waals surface area contributed by atoms with Crippen LogP contribution in [0.3, 0.4) is 0 Å². The number of hydrogen-bond acceptors (Lipinski definition) is 8. The fourth-order valence-corrected chi connectivity index (χ4v) is 2.46. The lowest BCUT2D eigenvalue weighted by molar-refractivity contribution is -0.143. The summed E-state index contributed by atoms with van der Waals surface area (Å²) in [7, 11) is 2.46. The Morgan fingerprint density at radius 2 is 1.13 bits per heavy atom. The van der Waals surface area contributed by atoms with Crippen molar-refractivity contribution in [1.82, 2.24) is 20.6 Å². The monoisotopic (exact) mass is 414 g/mol. The van der Waals surface area contributed by atoms with Crippen LogP contribution in [0.2, 0.25) is 0 Å². The van der Waals surface area contributed by atoms with E-state index < -0.39 is 35.8 Å². The minimum atomic E-state index is -0.818. The predicted molar refractivity (Wildman–Crippen MR) is 105 cm³/mol. The number of rotatable bonds is 7. The maximum absolute atomic E-state index is 12.4. The zero-order valence-corrected chi connectivity index (χ0v) is 17.0. The second-order valence-corrected chi connectivity index (χ2v) is 6.30. The SMILES string of the molecule is COC(=O)[C@H](C)NC(=O)c1ccnc(-c2cc(C(=O)N[C@@H](C)C(=O)OC)ccn2)c1. The summed E-state index contributed by atoms with van der Waals surface area (Å²) in [6.45, 7) is 3.01. The summed E-state index contributed by atoms with van der Waals surface area (Å²) in [4.78, 5) is 56.1. The molecule has 0 aromatic carbocycles. The van der Waals surface area contributed by atoms with Gasteiger partial charge >= 0.3 is 11.9 Å². The van der Waals surface area contributed by atoms with Gasteiger partial charge in [-0.2, -0.15) is 0 Å². The van der Waals surface area contributed by atoms with E-state index in [1.165, 1.54) is 64.7 Å². The van der Waals surface area contributed by atoms with Crippen molar-refractivity contribution >= 4 is 23.8 Å². The first-order valence-electron chi connectivity index (χ1n) is 8.96. The minimum absolute atomic E-state index is 0.256. The highest BCUT2D eigenvalue weighted by Crippen LogP contribution is 2.17. The Morgan fingerprint density at radius 1 is 0.767 bits per heavy atom. The Bertz CT molecular complexity index is 884. The van der Waals surface area contributed by atoms with Crippen molar-refractivity contribution in [2.24, 2.45) is 0 Å². The first-order chi connectivity index (χ1) is 14.3. The van der Waals surface area contributed by atoms with Crippen LogP contribution in [0.5, 0.6) is 0 Å². The summed E-state index contributed by atoms with van der Waals surface area (Å²) in [5.74, 6) is -2.12. The average molecular weight is 414 g/mol. The summed E-state index contributed by atoms with van der Waals surface area (Å²) in [5.41, 5.74) is 1.21. The number of nitrogens with one attached hydrogen (secondary N) is 2. The molecule has 10 nitrogen and oxygen atoms in total. The smallest absolute Gasteiger partial charge is 0.328 e. The number of ether oxygens (including phenoxy) is 2. The van der Waals surface area contributed by atoms with E-state index in [9.17, 15) is 19.2 Å². The van der Waals surface area contributed by atoms with E-state index in [4.69, 9.17) is 0 Å². The third-order valence-electron chi connectivity index (χ3n) is 4.11. The topological polar surface area (TPSA) is 137 Å². The van der Waals surface area contributed by atoms with Gasteiger partial charge in [0.15, 0.2) is 0 Å². The molecule has 0 aliphatic heterocycles. The standard InChI is InChI=1S/C20H22N4O6/c1-11(19(27)29-3)23-17(25)13-5-7-21-15(9-13)16-10-14(6-8-22-16)18(26)24-12(2)20(28)30-4/h5-12H,1-4H3,(H,23,25)(H,24,26)/t11-,12-/m0/s1. The highest BCUT2D eigenvalue weighted by atomic mass is 16.5. The van der Waals surface area contributed by atoms with Crippen molar-refractivity contribution in [3.8, 4) is 11.4 Å². The van der Waals surface area contributed by atoms with Crippen molar-refractivity contribution in [3.05, 3.63) is 47.8 Å². The van der Waals surface area contributed by atoms with Gasteiger partial charge in [0.1, 0.15) is 12.1 Å². The maximum atomic E-state index is 12.4. The highest BCUT2D eigenvalue weighted by Gasteiger charge is 2.19. The van der Waals surface area contributed by atoms with Crippen LogP contribution in [0.25, 0.3) is 11.4 Å². The molecule has 0 saturated carbocycles. The fraction of sp³-hybridized carbons (Fsp3) is 0.300. The number of carbonyl (C=O) groups excluding carboxylic acids is 4. The van der Waals surface area contributed by atoms with E-state index in [0.29, 0.717) is 11.4 Å². The predicted octanol–water partition coefficient (Wildman–Crippen LogP) is 0.726. The van der Waals surface area contributed by atoms with E-state index >= 15 is 0 Å². The number of amides is 2. The quantitative estimate of drug-likeness (QED) is 0.633. The van der Waals surface area contributed by atoms with Gasteiger partial charge in [-0.05, 0) is 38.1 Å². The van der Waals surface area contributed by atoms with Crippen molar-refractivity contribution in [2.45, 2.75) is 25.9 Å². The van der Waals surface area contributed by atoms with Gasteiger partial charge in [0.05, 0.1) is 25.6 Å². The molecular formula is C20H22N4O6. The molecule has 2 aromatic rings. The maximum Gasteiger partial charge on any atom is 0.328 e. The lowest BCUT2D eigenvalue weighted by Crippen LogP contribution is -2.39. The molecule has 2 amide bonds. The van der Waals surface area contributed by atoms with Gasteiger partial charge in [-0.3, -0.25) is 19.6 Å². The van der Waals surface area contributed by atoms with Gasteiger partial charge in [0, 0.05) is 23.5 Å². The van der Waals surface area contributed by atoms with Crippen LogP contribution in [0.4, 0.5) is 0 Å². The largest absolute Gasteiger partial charge is 0.467 e. The van der Waals surface area contributed by atoms with Crippen LogP contribution in [-0.2, 0) is 19.1 Å². The number of nitrogens with zero attached hydrogens (tertiary/aromatic N) is 2. The van der Waals surface area contributed by atoms with Gasteiger partial charge < -0.3 is 20.1 Å². The summed E-state index contributed by atoms with van der Waals surface area (Å²) < 4.78 is 9.17. The summed E-state index contributed by atoms with van der Waals surface area (Å²) in [5, 5.41) is 5.05. The van der Waals surface area contributed by atoms with E-state index in [2.05, 4.69) is 30.1 Å². The van der Waals surface area contributed by atoms with Gasteiger partial charge in [-0.15, -0.1) is 0 Å². The van der Waals surface area contributed by atoms with Crippen LogP contribution >= 0.6 is 0 Å². The van der Waals surface area contributed by atoms with Crippen LogP contribution < -0.4 is 10.6 Å². The molecule has 0 bridgehead atoms. The summed E-state index contributed by atoms with van der Waals surface area (Å²) in [6, 6.07) is 4.30. The first kappa shape index (κ1) is 22.5. The molecular weight excluding hydrogens is 392 g/mol. The Labute approximate surface area is 173 Å². The highest BCUT2D eigenvalue weighted by molar-refractivity contribution is 5.98. The van der Waals surface area contributed by atoms with Crippen molar-refractivity contribution in [1.29, 1.82) is 0 Å². The minimum Gasteiger partial charge on any atom is -0.467 e. The third-order valence-corrected chi connectivity index (χ3v) is 4.11. The second-order valence-electron chi connectivity index (χ2n) is 6.30. The molecule has 2 atom stereocenters. The Hall–Kier alpha value is -3.82. The lowest BCUT2D eigenvalue weighted by atomic mass is 10.1. The number of hydrogen-bond donors (Lipinski definition) is 2. The number of aromatic nitrogens is 2. The Morgan fingerprint density at radius 3 is 1.47 bits per heavy atom. The molecule has 0 spiro atoms. The van der Waals surface area contributed by atoms with Crippen molar-refractivity contribution < 1.29 is 28.7 Å². The number of pyridine rings is 2. The lowest BCUT2D eigenvalue weighted by Gasteiger charge is -2.12. The molecule has 158 valence electrons. The number of methoxy groups -OCH3 is 2. The van der Waals surface area contributed by atoms with Crippen LogP contribution in [0.15, 0.2) is 36.7 Å². The average Bonchev–Trinajstić information content (AvgIpc) is 2.77. The number of esters is 2. The van der Waals surface area contributed by atoms with Gasteiger partial charge in [0.25, 0.3) is 11.8 Å². The molecule has 0 radical (unpaired) electrons. The molecule has 2 heterocycles. The first-order valence-corrected chi connectivity index (χ1v) is 8.96. The molecule has 10 heteroatoms. The van der Waals surface area contributed by atoms with Gasteiger partial charge in [-0.25, -0.2) is 9.59 Å². The van der Waals surface area contributed by atoms with Crippen molar-refractivity contribution in [2.75, 3.05) is 14.2 Å². The van der Waals surface area contributed by atoms with Crippen LogP contribution in [0, 0.1) is 0 Å². The fourth-order valence-electron chi connectivity index (χ4n) is 2.46. The molecule has 0 aliphatic rings. The summed E-state index contributed by atoms with van der Waals surface area (Å²) in [6.07, 6.45) is 2.83. The van der Waals surface area contributed by atoms with E-state index in [1.807, 2.05) is 0 Å². The molecule has 2 N–H and O–H groups in total. The van der Waals surface area contributed by atoms with Crippen molar-refractivity contribution in [3.63, 3.8) is 0 Å². The Balaban J connectivity index is 2.21. The number of carbonyl (C=O) groups is 4. The molecule has 0 saturated heterocycles. The second kappa shape index (κ2) is 10.1. The molecule has 0 aliphatic carbocycles. The molecule has 0 unspecified atom stereocenters. The van der Waals surface area contributed by atoms with Gasteiger partial charge in [-0.1, -0.05) is 0 Å². The molecule has 30 heavy (non-hydrogen) atoms.